The highest BCUT2D eigenvalue weighted by Crippen LogP contribution is 2.28. The van der Waals surface area contributed by atoms with E-state index < -0.39 is 0 Å². The predicted octanol–water partition coefficient (Wildman–Crippen LogP) is 4.37. The highest BCUT2D eigenvalue weighted by atomic mass is 16.6. The largest absolute Gasteiger partial charge is 0.493 e. The van der Waals surface area contributed by atoms with Crippen LogP contribution in [0.25, 0.3) is 0 Å². The first-order chi connectivity index (χ1) is 12.5. The topological polar surface area (TPSA) is 43.3 Å². The van der Waals surface area contributed by atoms with E-state index >= 15 is 0 Å². The van der Waals surface area contributed by atoms with Crippen molar-refractivity contribution >= 4 is 5.71 Å². The van der Waals surface area contributed by atoms with Crippen LogP contribution in [0.15, 0.2) is 29.4 Å². The van der Waals surface area contributed by atoms with Crippen LogP contribution in [0.2, 0.25) is 0 Å². The Morgan fingerprint density at radius 3 is 2.46 bits per heavy atom. The van der Waals surface area contributed by atoms with Crippen molar-refractivity contribution in [3.8, 4) is 11.5 Å². The molecule has 5 heteroatoms. The molecule has 1 aromatic rings. The molecule has 0 amide bonds. The zero-order valence-corrected chi connectivity index (χ0v) is 17.2. The van der Waals surface area contributed by atoms with Gasteiger partial charge in [0.05, 0.1) is 12.3 Å². The molecule has 0 radical (unpaired) electrons. The van der Waals surface area contributed by atoms with E-state index in [0.29, 0.717) is 13.2 Å². The zero-order valence-electron chi connectivity index (χ0n) is 17.2. The normalized spacial score (nSPS) is 12.0. The Morgan fingerprint density at radius 2 is 1.88 bits per heavy atom. The van der Waals surface area contributed by atoms with Crippen LogP contribution in [0, 0.1) is 13.8 Å². The average molecular weight is 363 g/mol. The van der Waals surface area contributed by atoms with Crippen molar-refractivity contribution < 1.29 is 14.3 Å². The van der Waals surface area contributed by atoms with Gasteiger partial charge in [-0.15, -0.1) is 0 Å². The molecule has 0 saturated heterocycles. The highest BCUT2D eigenvalue weighted by Gasteiger charge is 2.09. The molecule has 0 heterocycles. The Morgan fingerprint density at radius 1 is 1.19 bits per heavy atom. The molecule has 0 saturated carbocycles. The van der Waals surface area contributed by atoms with Crippen molar-refractivity contribution in [2.24, 2.45) is 5.16 Å². The molecule has 0 aromatic heterocycles. The van der Waals surface area contributed by atoms with Crippen LogP contribution in [0.5, 0.6) is 11.5 Å². The van der Waals surface area contributed by atoms with Crippen molar-refractivity contribution in [1.82, 2.24) is 4.90 Å². The molecule has 0 spiro atoms. The monoisotopic (exact) mass is 362 g/mol. The van der Waals surface area contributed by atoms with Gasteiger partial charge in [-0.25, -0.2) is 0 Å². The highest BCUT2D eigenvalue weighted by molar-refractivity contribution is 5.83. The second kappa shape index (κ2) is 12.4. The first kappa shape index (κ1) is 22.0. The van der Waals surface area contributed by atoms with E-state index in [1.165, 1.54) is 0 Å². The minimum Gasteiger partial charge on any atom is -0.493 e. The van der Waals surface area contributed by atoms with Crippen LogP contribution in [0.4, 0.5) is 0 Å². The van der Waals surface area contributed by atoms with Crippen molar-refractivity contribution in [3.05, 3.63) is 35.4 Å². The summed E-state index contributed by atoms with van der Waals surface area (Å²) in [4.78, 5) is 7.15. The van der Waals surface area contributed by atoms with Gasteiger partial charge in [-0.2, -0.15) is 0 Å². The van der Waals surface area contributed by atoms with Crippen LogP contribution in [-0.4, -0.2) is 50.6 Å². The number of hydrogen-bond donors (Lipinski definition) is 0. The molecule has 0 N–H and O–H groups in total. The summed E-state index contributed by atoms with van der Waals surface area (Å²) in [6.07, 6.45) is 4.94. The Hall–Kier alpha value is -2.01. The lowest BCUT2D eigenvalue weighted by molar-refractivity contribution is 0.208. The van der Waals surface area contributed by atoms with Crippen molar-refractivity contribution in [2.75, 3.05) is 40.0 Å². The third-order valence-corrected chi connectivity index (χ3v) is 4.03. The molecule has 1 aromatic carbocycles. The summed E-state index contributed by atoms with van der Waals surface area (Å²) in [5.74, 6) is 1.85. The molecule has 0 fully saturated rings. The van der Waals surface area contributed by atoms with Gasteiger partial charge >= 0.3 is 0 Å². The van der Waals surface area contributed by atoms with Crippen molar-refractivity contribution in [3.63, 3.8) is 0 Å². The van der Waals surface area contributed by atoms with Gasteiger partial charge in [0, 0.05) is 13.1 Å². The quantitative estimate of drug-likeness (QED) is 0.240. The van der Waals surface area contributed by atoms with Gasteiger partial charge in [0.25, 0.3) is 0 Å². The van der Waals surface area contributed by atoms with Gasteiger partial charge in [0.15, 0.2) is 0 Å². The third-order valence-electron chi connectivity index (χ3n) is 4.03. The SMILES string of the molecule is C/C=C/COc1cc(C)c(OCCCN(CC)CC(C)=NOC)c(C)c1. The second-order valence-corrected chi connectivity index (χ2v) is 6.35. The van der Waals surface area contributed by atoms with E-state index in [-0.39, 0.29) is 0 Å². The second-order valence-electron chi connectivity index (χ2n) is 6.35. The first-order valence-electron chi connectivity index (χ1n) is 9.28. The van der Waals surface area contributed by atoms with Gasteiger partial charge < -0.3 is 14.3 Å². The Bertz CT molecular complexity index is 574. The van der Waals surface area contributed by atoms with Gasteiger partial charge in [-0.1, -0.05) is 24.2 Å². The molecule has 5 nitrogen and oxygen atoms in total. The van der Waals surface area contributed by atoms with Gasteiger partial charge in [-0.3, -0.25) is 4.90 Å². The molecule has 0 aliphatic heterocycles. The summed E-state index contributed by atoms with van der Waals surface area (Å²) >= 11 is 0. The predicted molar refractivity (Wildman–Crippen MR) is 109 cm³/mol. The van der Waals surface area contributed by atoms with E-state index in [0.717, 1.165) is 54.4 Å². The molecule has 26 heavy (non-hydrogen) atoms. The first-order valence-corrected chi connectivity index (χ1v) is 9.28. The Labute approximate surface area is 158 Å². The van der Waals surface area contributed by atoms with Crippen LogP contribution < -0.4 is 9.47 Å². The summed E-state index contributed by atoms with van der Waals surface area (Å²) in [5.41, 5.74) is 3.20. The van der Waals surface area contributed by atoms with E-state index in [9.17, 15) is 0 Å². The maximum atomic E-state index is 6.04. The number of aryl methyl sites for hydroxylation is 2. The summed E-state index contributed by atoms with van der Waals surface area (Å²) in [6.45, 7) is 14.3. The fourth-order valence-electron chi connectivity index (χ4n) is 2.78. The van der Waals surface area contributed by atoms with Crippen molar-refractivity contribution in [2.45, 2.75) is 41.0 Å². The summed E-state index contributed by atoms with van der Waals surface area (Å²) in [5, 5.41) is 3.97. The molecule has 0 bridgehead atoms. The van der Waals surface area contributed by atoms with Crippen LogP contribution in [-0.2, 0) is 4.84 Å². The van der Waals surface area contributed by atoms with E-state index in [4.69, 9.17) is 14.3 Å². The summed E-state index contributed by atoms with van der Waals surface area (Å²) in [7, 11) is 1.58. The van der Waals surface area contributed by atoms with Crippen LogP contribution >= 0.6 is 0 Å². The zero-order chi connectivity index (χ0) is 19.4. The average Bonchev–Trinajstić information content (AvgIpc) is 2.59. The fraction of sp³-hybridized carbons (Fsp3) is 0.571. The number of benzene rings is 1. The molecule has 0 aliphatic carbocycles. The maximum Gasteiger partial charge on any atom is 0.125 e. The van der Waals surface area contributed by atoms with Crippen molar-refractivity contribution in [1.29, 1.82) is 0 Å². The third kappa shape index (κ3) is 7.91. The molecule has 146 valence electrons. The van der Waals surface area contributed by atoms with Gasteiger partial charge in [-0.05, 0) is 63.9 Å². The lowest BCUT2D eigenvalue weighted by atomic mass is 10.1. The van der Waals surface area contributed by atoms with Crippen LogP contribution in [0.3, 0.4) is 0 Å². The number of ether oxygens (including phenoxy) is 2. The minimum atomic E-state index is 0.591. The Kier molecular flexibility index (Phi) is 10.5. The van der Waals surface area contributed by atoms with E-state index in [1.807, 2.05) is 38.1 Å². The molecular weight excluding hydrogens is 328 g/mol. The number of hydrogen-bond acceptors (Lipinski definition) is 5. The summed E-state index contributed by atoms with van der Waals surface area (Å²) < 4.78 is 11.8. The van der Waals surface area contributed by atoms with Gasteiger partial charge in [0.2, 0.25) is 0 Å². The Balaban J connectivity index is 2.50. The lowest BCUT2D eigenvalue weighted by Gasteiger charge is -2.20. The molecular formula is C21H34N2O3. The molecule has 0 aliphatic rings. The minimum absolute atomic E-state index is 0.591. The lowest BCUT2D eigenvalue weighted by Crippen LogP contribution is -2.30. The van der Waals surface area contributed by atoms with E-state index in [1.54, 1.807) is 7.11 Å². The number of rotatable bonds is 12. The van der Waals surface area contributed by atoms with E-state index in [2.05, 4.69) is 30.8 Å². The molecule has 0 atom stereocenters. The number of oxime groups is 1. The number of allylic oxidation sites excluding steroid dienone is 1. The molecule has 1 rings (SSSR count). The number of nitrogens with zero attached hydrogens (tertiary/aromatic N) is 2. The standard InChI is InChI=1S/C21H34N2O3/c1-7-9-12-25-20-14-17(3)21(18(4)15-20)26-13-10-11-23(8-2)16-19(5)22-24-6/h7,9,14-15H,8,10-13,16H2,1-6H3/b9-7+,22-19?. The summed E-state index contributed by atoms with van der Waals surface area (Å²) in [6, 6.07) is 4.07. The fourth-order valence-corrected chi connectivity index (χ4v) is 2.78. The van der Waals surface area contributed by atoms with Gasteiger partial charge in [0.1, 0.15) is 25.2 Å². The maximum absolute atomic E-state index is 6.04. The van der Waals surface area contributed by atoms with Crippen LogP contribution in [0.1, 0.15) is 38.3 Å². The smallest absolute Gasteiger partial charge is 0.125 e. The molecule has 0 unspecified atom stereocenters.